The third kappa shape index (κ3) is 1.80. The van der Waals surface area contributed by atoms with Crippen LogP contribution in [0.25, 0.3) is 0 Å². The fourth-order valence-corrected chi connectivity index (χ4v) is 5.99. The van der Waals surface area contributed by atoms with Crippen LogP contribution in [0.1, 0.15) is 43.7 Å². The predicted octanol–water partition coefficient (Wildman–Crippen LogP) is 3.04. The van der Waals surface area contributed by atoms with Crippen LogP contribution in [0, 0.1) is 0 Å². The minimum atomic E-state index is -0.213. The number of methoxy groups -OCH3 is 1. The van der Waals surface area contributed by atoms with Gasteiger partial charge in [0, 0.05) is 12.0 Å². The second kappa shape index (κ2) is 5.13. The standard InChI is InChI=1S/C20H25NO4/c1-3-24-18(22)21-10-9-19-8-4-5-17-20(19,25-17)16(21)11-13-6-7-14(23-2)12-15(13)19/h6-7,12,16-17H,3-5,8-11H2,1-2H3/t16-,17?,19+,20?/m1/s1. The monoisotopic (exact) mass is 343 g/mol. The number of hydrogen-bond acceptors (Lipinski definition) is 4. The zero-order valence-electron chi connectivity index (χ0n) is 14.9. The van der Waals surface area contributed by atoms with E-state index < -0.39 is 0 Å². The quantitative estimate of drug-likeness (QED) is 0.775. The van der Waals surface area contributed by atoms with Crippen molar-refractivity contribution in [2.45, 2.75) is 62.2 Å². The van der Waals surface area contributed by atoms with Crippen molar-refractivity contribution in [2.75, 3.05) is 20.3 Å². The van der Waals surface area contributed by atoms with E-state index in [0.29, 0.717) is 6.61 Å². The highest BCUT2D eigenvalue weighted by molar-refractivity contribution is 5.70. The topological polar surface area (TPSA) is 51.3 Å². The minimum Gasteiger partial charge on any atom is -0.497 e. The molecule has 1 spiro atoms. The molecule has 134 valence electrons. The van der Waals surface area contributed by atoms with E-state index >= 15 is 0 Å². The van der Waals surface area contributed by atoms with Gasteiger partial charge in [-0.3, -0.25) is 0 Å². The Labute approximate surface area is 148 Å². The number of hydrogen-bond donors (Lipinski definition) is 0. The van der Waals surface area contributed by atoms with Gasteiger partial charge in [0.1, 0.15) is 11.4 Å². The molecule has 4 atom stereocenters. The highest BCUT2D eigenvalue weighted by atomic mass is 16.6. The first kappa shape index (κ1) is 15.5. The second-order valence-electron chi connectivity index (χ2n) is 7.76. The van der Waals surface area contributed by atoms with Crippen LogP contribution < -0.4 is 4.74 Å². The summed E-state index contributed by atoms with van der Waals surface area (Å²) in [7, 11) is 1.72. The van der Waals surface area contributed by atoms with Crippen molar-refractivity contribution in [3.63, 3.8) is 0 Å². The molecule has 0 N–H and O–H groups in total. The summed E-state index contributed by atoms with van der Waals surface area (Å²) in [6, 6.07) is 6.52. The molecule has 2 heterocycles. The van der Waals surface area contributed by atoms with Gasteiger partial charge in [-0.1, -0.05) is 6.07 Å². The van der Waals surface area contributed by atoms with Crippen molar-refractivity contribution in [2.24, 2.45) is 0 Å². The zero-order chi connectivity index (χ0) is 17.2. The van der Waals surface area contributed by atoms with Crippen molar-refractivity contribution in [1.82, 2.24) is 4.90 Å². The van der Waals surface area contributed by atoms with Gasteiger partial charge in [0.25, 0.3) is 0 Å². The van der Waals surface area contributed by atoms with E-state index in [4.69, 9.17) is 14.2 Å². The second-order valence-corrected chi connectivity index (χ2v) is 7.76. The van der Waals surface area contributed by atoms with Gasteiger partial charge in [-0.25, -0.2) is 4.79 Å². The molecule has 2 saturated heterocycles. The Bertz CT molecular complexity index is 734. The maximum Gasteiger partial charge on any atom is 0.410 e. The summed E-state index contributed by atoms with van der Waals surface area (Å²) in [5, 5.41) is 0. The molecule has 1 amide bonds. The van der Waals surface area contributed by atoms with Crippen LogP contribution in [-0.2, 0) is 21.3 Å². The molecule has 3 fully saturated rings. The molecule has 4 aliphatic rings. The molecular formula is C20H25NO4. The third-order valence-electron chi connectivity index (χ3n) is 6.98. The predicted molar refractivity (Wildman–Crippen MR) is 92.0 cm³/mol. The van der Waals surface area contributed by atoms with Crippen LogP contribution >= 0.6 is 0 Å². The normalized spacial score (nSPS) is 37.4. The van der Waals surface area contributed by atoms with Crippen molar-refractivity contribution >= 4 is 6.09 Å². The summed E-state index contributed by atoms with van der Waals surface area (Å²) in [5.74, 6) is 0.914. The molecule has 1 aromatic carbocycles. The van der Waals surface area contributed by atoms with Crippen molar-refractivity contribution in [3.8, 4) is 5.75 Å². The number of epoxide rings is 1. The summed E-state index contributed by atoms with van der Waals surface area (Å²) in [6.45, 7) is 3.03. The number of piperidine rings is 1. The van der Waals surface area contributed by atoms with Gasteiger partial charge in [0.05, 0.1) is 25.9 Å². The van der Waals surface area contributed by atoms with E-state index in [1.54, 1.807) is 7.11 Å². The molecule has 2 aliphatic heterocycles. The van der Waals surface area contributed by atoms with E-state index in [9.17, 15) is 4.79 Å². The average molecular weight is 343 g/mol. The lowest BCUT2D eigenvalue weighted by atomic mass is 9.52. The number of nitrogens with zero attached hydrogens (tertiary/aromatic N) is 1. The first-order valence-corrected chi connectivity index (χ1v) is 9.45. The van der Waals surface area contributed by atoms with Gasteiger partial charge in [0.15, 0.2) is 0 Å². The fourth-order valence-electron chi connectivity index (χ4n) is 5.99. The third-order valence-corrected chi connectivity index (χ3v) is 6.98. The molecule has 0 radical (unpaired) electrons. The number of likely N-dealkylation sites (tertiary alicyclic amines) is 1. The molecular weight excluding hydrogens is 318 g/mol. The number of carbonyl (C=O) groups is 1. The van der Waals surface area contributed by atoms with Gasteiger partial charge in [-0.15, -0.1) is 0 Å². The molecule has 25 heavy (non-hydrogen) atoms. The number of carbonyl (C=O) groups excluding carboxylic acids is 1. The highest BCUT2D eigenvalue weighted by Crippen LogP contribution is 2.68. The van der Waals surface area contributed by atoms with E-state index in [-0.39, 0.29) is 29.3 Å². The van der Waals surface area contributed by atoms with E-state index in [2.05, 4.69) is 12.1 Å². The lowest BCUT2D eigenvalue weighted by Gasteiger charge is -2.57. The zero-order valence-corrected chi connectivity index (χ0v) is 14.9. The fraction of sp³-hybridized carbons (Fsp3) is 0.650. The summed E-state index contributed by atoms with van der Waals surface area (Å²) in [4.78, 5) is 14.5. The Morgan fingerprint density at radius 2 is 2.28 bits per heavy atom. The summed E-state index contributed by atoms with van der Waals surface area (Å²) >= 11 is 0. The molecule has 5 heteroatoms. The van der Waals surface area contributed by atoms with E-state index in [1.165, 1.54) is 17.5 Å². The van der Waals surface area contributed by atoms with Gasteiger partial charge in [-0.05, 0) is 62.3 Å². The minimum absolute atomic E-state index is 0.0195. The Balaban J connectivity index is 1.64. The Morgan fingerprint density at radius 1 is 1.40 bits per heavy atom. The maximum absolute atomic E-state index is 12.6. The molecule has 5 rings (SSSR count). The Hall–Kier alpha value is -1.75. The van der Waals surface area contributed by atoms with Crippen LogP contribution in [0.3, 0.4) is 0 Å². The van der Waals surface area contributed by atoms with Crippen LogP contribution in [-0.4, -0.2) is 49.0 Å². The van der Waals surface area contributed by atoms with Crippen LogP contribution in [0.5, 0.6) is 5.75 Å². The van der Waals surface area contributed by atoms with Crippen molar-refractivity contribution in [1.29, 1.82) is 0 Å². The van der Waals surface area contributed by atoms with Crippen LogP contribution in [0.4, 0.5) is 4.79 Å². The summed E-state index contributed by atoms with van der Waals surface area (Å²) < 4.78 is 17.3. The maximum atomic E-state index is 12.6. The molecule has 1 aromatic rings. The van der Waals surface area contributed by atoms with Crippen LogP contribution in [0.2, 0.25) is 0 Å². The molecule has 1 saturated carbocycles. The first-order chi connectivity index (χ1) is 12.2. The van der Waals surface area contributed by atoms with Crippen molar-refractivity contribution in [3.05, 3.63) is 29.3 Å². The Morgan fingerprint density at radius 3 is 3.08 bits per heavy atom. The largest absolute Gasteiger partial charge is 0.497 e. The Kier molecular flexibility index (Phi) is 3.18. The number of fused-ring (bicyclic) bond motifs is 1. The van der Waals surface area contributed by atoms with Gasteiger partial charge in [0.2, 0.25) is 0 Å². The highest BCUT2D eigenvalue weighted by Gasteiger charge is 2.78. The molecule has 2 unspecified atom stereocenters. The SMILES string of the molecule is CCOC(=O)N1CC[C@]23CCCC4OC42[C@H]1Cc1ccc(OC)cc13. The van der Waals surface area contributed by atoms with Gasteiger partial charge < -0.3 is 19.1 Å². The van der Waals surface area contributed by atoms with Crippen molar-refractivity contribution < 1.29 is 19.0 Å². The summed E-state index contributed by atoms with van der Waals surface area (Å²) in [6.07, 6.45) is 5.31. The molecule has 2 bridgehead atoms. The molecule has 2 aliphatic carbocycles. The van der Waals surface area contributed by atoms with Gasteiger partial charge >= 0.3 is 6.09 Å². The smallest absolute Gasteiger partial charge is 0.410 e. The van der Waals surface area contributed by atoms with E-state index in [1.807, 2.05) is 17.9 Å². The summed E-state index contributed by atoms with van der Waals surface area (Å²) in [5.41, 5.74) is 2.54. The number of amides is 1. The lowest BCUT2D eigenvalue weighted by Crippen LogP contribution is -2.68. The first-order valence-electron chi connectivity index (χ1n) is 9.45. The number of rotatable bonds is 2. The lowest BCUT2D eigenvalue weighted by molar-refractivity contribution is -0.0183. The van der Waals surface area contributed by atoms with Gasteiger partial charge in [-0.2, -0.15) is 0 Å². The van der Waals surface area contributed by atoms with E-state index in [0.717, 1.165) is 38.0 Å². The average Bonchev–Trinajstić information content (AvgIpc) is 3.35. The molecule has 5 nitrogen and oxygen atoms in total. The molecule has 0 aromatic heterocycles. The number of ether oxygens (including phenoxy) is 3. The number of benzene rings is 1. The van der Waals surface area contributed by atoms with Crippen LogP contribution in [0.15, 0.2) is 18.2 Å².